The maximum absolute atomic E-state index is 11.3. The van der Waals surface area contributed by atoms with Gasteiger partial charge < -0.3 is 29.5 Å². The van der Waals surface area contributed by atoms with E-state index in [1.807, 2.05) is 26.0 Å². The van der Waals surface area contributed by atoms with E-state index < -0.39 is 0 Å². The zero-order valence-corrected chi connectivity index (χ0v) is 18.3. The standard InChI is InChI=1S/C24H30O6/c1-6-13-8-14(7-2)22(25)20-18(13)17(12-30-5)19-15(10-28-3)9-16(11-29-4)23(26)21(19)24(20)27/h8-9,25-27H,6-7,10-12H2,1-5H3. The summed E-state index contributed by atoms with van der Waals surface area (Å²) in [6, 6.07) is 3.82. The van der Waals surface area contributed by atoms with Crippen molar-refractivity contribution < 1.29 is 29.5 Å². The van der Waals surface area contributed by atoms with Gasteiger partial charge in [-0.25, -0.2) is 0 Å². The van der Waals surface area contributed by atoms with Crippen molar-refractivity contribution in [2.75, 3.05) is 21.3 Å². The number of phenolic OH excluding ortho intramolecular Hbond substituents is 3. The van der Waals surface area contributed by atoms with Crippen molar-refractivity contribution in [1.29, 1.82) is 0 Å². The van der Waals surface area contributed by atoms with Crippen LogP contribution >= 0.6 is 0 Å². The van der Waals surface area contributed by atoms with E-state index in [0.717, 1.165) is 34.1 Å². The lowest BCUT2D eigenvalue weighted by Crippen LogP contribution is -2.03. The molecular formula is C24H30O6. The number of phenols is 3. The van der Waals surface area contributed by atoms with Gasteiger partial charge in [0.15, 0.2) is 0 Å². The number of hydrogen-bond donors (Lipinski definition) is 3. The van der Waals surface area contributed by atoms with Gasteiger partial charge in [-0.3, -0.25) is 0 Å². The Kier molecular flexibility index (Phi) is 6.71. The van der Waals surface area contributed by atoms with E-state index in [-0.39, 0.29) is 42.5 Å². The SMILES string of the molecule is CCc1cc(CC)c2c(COC)c3c(COC)cc(COC)c(O)c3c(O)c2c1O. The Balaban J connectivity index is 2.67. The summed E-state index contributed by atoms with van der Waals surface area (Å²) in [4.78, 5) is 0. The van der Waals surface area contributed by atoms with Crippen LogP contribution in [0.25, 0.3) is 21.5 Å². The van der Waals surface area contributed by atoms with Crippen molar-refractivity contribution in [3.05, 3.63) is 39.9 Å². The van der Waals surface area contributed by atoms with Crippen LogP contribution in [0.1, 0.15) is 41.7 Å². The molecule has 0 aromatic heterocycles. The Hall–Kier alpha value is -2.54. The highest BCUT2D eigenvalue weighted by Crippen LogP contribution is 2.49. The minimum atomic E-state index is -0.143. The van der Waals surface area contributed by atoms with Crippen molar-refractivity contribution in [1.82, 2.24) is 0 Å². The molecule has 0 bridgehead atoms. The summed E-state index contributed by atoms with van der Waals surface area (Å²) in [5.74, 6) is -0.177. The molecule has 0 atom stereocenters. The topological polar surface area (TPSA) is 88.4 Å². The van der Waals surface area contributed by atoms with Crippen molar-refractivity contribution >= 4 is 21.5 Å². The molecule has 6 nitrogen and oxygen atoms in total. The van der Waals surface area contributed by atoms with Gasteiger partial charge in [0.25, 0.3) is 0 Å². The van der Waals surface area contributed by atoms with E-state index in [4.69, 9.17) is 14.2 Å². The highest BCUT2D eigenvalue weighted by molar-refractivity contribution is 6.15. The van der Waals surface area contributed by atoms with Crippen LogP contribution in [0.3, 0.4) is 0 Å². The normalized spacial score (nSPS) is 11.6. The molecule has 0 unspecified atom stereocenters. The summed E-state index contributed by atoms with van der Waals surface area (Å²) in [5, 5.41) is 35.5. The maximum atomic E-state index is 11.3. The molecular weight excluding hydrogens is 384 g/mol. The summed E-state index contributed by atoms with van der Waals surface area (Å²) in [6.07, 6.45) is 1.34. The second kappa shape index (κ2) is 9.08. The molecule has 0 radical (unpaired) electrons. The number of ether oxygens (including phenoxy) is 3. The first-order valence-electron chi connectivity index (χ1n) is 10.1. The molecule has 3 aromatic carbocycles. The first-order valence-corrected chi connectivity index (χ1v) is 10.1. The van der Waals surface area contributed by atoms with E-state index in [0.29, 0.717) is 22.8 Å². The Morgan fingerprint density at radius 2 is 1.03 bits per heavy atom. The molecule has 162 valence electrons. The summed E-state index contributed by atoms with van der Waals surface area (Å²) >= 11 is 0. The largest absolute Gasteiger partial charge is 0.507 e. The highest BCUT2D eigenvalue weighted by atomic mass is 16.5. The van der Waals surface area contributed by atoms with Crippen molar-refractivity contribution in [3.8, 4) is 17.2 Å². The molecule has 0 spiro atoms. The average molecular weight is 414 g/mol. The van der Waals surface area contributed by atoms with Gasteiger partial charge in [0, 0.05) is 32.3 Å². The molecule has 0 saturated carbocycles. The lowest BCUT2D eigenvalue weighted by molar-refractivity contribution is 0.178. The zero-order valence-electron chi connectivity index (χ0n) is 18.3. The molecule has 3 N–H and O–H groups in total. The van der Waals surface area contributed by atoms with E-state index in [1.165, 1.54) is 0 Å². The fourth-order valence-electron chi connectivity index (χ4n) is 4.35. The van der Waals surface area contributed by atoms with Gasteiger partial charge in [-0.15, -0.1) is 0 Å². The van der Waals surface area contributed by atoms with Crippen LogP contribution in [0.15, 0.2) is 12.1 Å². The second-order valence-electron chi connectivity index (χ2n) is 7.42. The third kappa shape index (κ3) is 3.45. The molecule has 0 amide bonds. The minimum Gasteiger partial charge on any atom is -0.507 e. The molecule has 0 aliphatic heterocycles. The van der Waals surface area contributed by atoms with E-state index in [9.17, 15) is 15.3 Å². The Morgan fingerprint density at radius 1 is 0.567 bits per heavy atom. The van der Waals surface area contributed by atoms with Gasteiger partial charge in [0.05, 0.1) is 30.6 Å². The third-order valence-corrected chi connectivity index (χ3v) is 5.65. The fraction of sp³-hybridized carbons (Fsp3) is 0.417. The van der Waals surface area contributed by atoms with E-state index in [1.54, 1.807) is 21.3 Å². The Bertz CT molecular complexity index is 1090. The zero-order chi connectivity index (χ0) is 22.0. The predicted octanol–water partition coefficient (Wildman–Crippen LogP) is 4.67. The van der Waals surface area contributed by atoms with Crippen LogP contribution in [0, 0.1) is 0 Å². The number of rotatable bonds is 8. The lowest BCUT2D eigenvalue weighted by atomic mass is 9.86. The third-order valence-electron chi connectivity index (χ3n) is 5.65. The molecule has 0 fully saturated rings. The smallest absolute Gasteiger partial charge is 0.138 e. The molecule has 30 heavy (non-hydrogen) atoms. The fourth-order valence-corrected chi connectivity index (χ4v) is 4.35. The van der Waals surface area contributed by atoms with Gasteiger partial charge in [-0.1, -0.05) is 19.9 Å². The first-order chi connectivity index (χ1) is 14.4. The quantitative estimate of drug-likeness (QED) is 0.464. The van der Waals surface area contributed by atoms with Crippen molar-refractivity contribution in [3.63, 3.8) is 0 Å². The van der Waals surface area contributed by atoms with Gasteiger partial charge in [0.1, 0.15) is 17.2 Å². The minimum absolute atomic E-state index is 0.0336. The molecule has 0 heterocycles. The monoisotopic (exact) mass is 414 g/mol. The van der Waals surface area contributed by atoms with Crippen LogP contribution in [0.5, 0.6) is 17.2 Å². The van der Waals surface area contributed by atoms with Gasteiger partial charge >= 0.3 is 0 Å². The lowest BCUT2D eigenvalue weighted by Gasteiger charge is -2.22. The van der Waals surface area contributed by atoms with Crippen LogP contribution in [-0.4, -0.2) is 36.6 Å². The number of methoxy groups -OCH3 is 3. The Labute approximate surface area is 176 Å². The predicted molar refractivity (Wildman–Crippen MR) is 117 cm³/mol. The first kappa shape index (κ1) is 22.2. The van der Waals surface area contributed by atoms with Gasteiger partial charge in [0.2, 0.25) is 0 Å². The number of aromatic hydroxyl groups is 3. The van der Waals surface area contributed by atoms with E-state index in [2.05, 4.69) is 0 Å². The average Bonchev–Trinajstić information content (AvgIpc) is 2.73. The maximum Gasteiger partial charge on any atom is 0.138 e. The number of benzene rings is 3. The number of aryl methyl sites for hydroxylation is 2. The van der Waals surface area contributed by atoms with Crippen molar-refractivity contribution in [2.45, 2.75) is 46.5 Å². The molecule has 6 heteroatoms. The molecule has 3 rings (SSSR count). The molecule has 0 aliphatic carbocycles. The van der Waals surface area contributed by atoms with E-state index >= 15 is 0 Å². The molecule has 0 saturated heterocycles. The highest BCUT2D eigenvalue weighted by Gasteiger charge is 2.25. The molecule has 0 aliphatic rings. The van der Waals surface area contributed by atoms with Gasteiger partial charge in [-0.2, -0.15) is 0 Å². The summed E-state index contributed by atoms with van der Waals surface area (Å²) in [5.41, 5.74) is 3.91. The summed E-state index contributed by atoms with van der Waals surface area (Å²) < 4.78 is 16.2. The number of fused-ring (bicyclic) bond motifs is 2. The van der Waals surface area contributed by atoms with Crippen LogP contribution in [0.2, 0.25) is 0 Å². The van der Waals surface area contributed by atoms with Gasteiger partial charge in [-0.05, 0) is 46.5 Å². The summed E-state index contributed by atoms with van der Waals surface area (Å²) in [6.45, 7) is 4.72. The van der Waals surface area contributed by atoms with Crippen LogP contribution in [0.4, 0.5) is 0 Å². The van der Waals surface area contributed by atoms with Crippen LogP contribution < -0.4 is 0 Å². The summed E-state index contributed by atoms with van der Waals surface area (Å²) in [7, 11) is 4.75. The van der Waals surface area contributed by atoms with Crippen molar-refractivity contribution in [2.24, 2.45) is 0 Å². The Morgan fingerprint density at radius 3 is 1.57 bits per heavy atom. The van der Waals surface area contributed by atoms with Crippen LogP contribution in [-0.2, 0) is 46.9 Å². The molecule has 3 aromatic rings. The number of hydrogen-bond acceptors (Lipinski definition) is 6. The second-order valence-corrected chi connectivity index (χ2v) is 7.42.